The molecule has 0 N–H and O–H groups in total. The molecule has 5 rings (SSSR count). The lowest BCUT2D eigenvalue weighted by Crippen LogP contribution is -2.30. The average Bonchev–Trinajstić information content (AvgIpc) is 3.33. The number of nitrogens with zero attached hydrogens (tertiary/aromatic N) is 2. The Bertz CT molecular complexity index is 1320. The van der Waals surface area contributed by atoms with Gasteiger partial charge in [0.15, 0.2) is 0 Å². The van der Waals surface area contributed by atoms with Crippen molar-refractivity contribution in [2.75, 3.05) is 16.3 Å². The van der Waals surface area contributed by atoms with Crippen LogP contribution in [0.4, 0.5) is 11.4 Å². The molecule has 2 aliphatic rings. The van der Waals surface area contributed by atoms with E-state index in [9.17, 15) is 19.2 Å². The fraction of sp³-hybridized carbons (Fsp3) is 0.154. The third kappa shape index (κ3) is 3.80. The van der Waals surface area contributed by atoms with Crippen LogP contribution in [-0.4, -0.2) is 30.2 Å². The summed E-state index contributed by atoms with van der Waals surface area (Å²) < 4.78 is 6.45. The van der Waals surface area contributed by atoms with Crippen molar-refractivity contribution in [1.29, 1.82) is 0 Å². The first-order valence-corrected chi connectivity index (χ1v) is 11.5. The standard InChI is InChI=1S/C26H19BrN2O5/c1-15-12-19(10-11-22(15)29-24(31)20-4-2-3-5-21(20)25(29)32)34-26(33)16-13-23(30)28(14-16)18-8-6-17(27)7-9-18/h2-12,16H,13-14H2,1H3/t16-/m0/s1. The minimum absolute atomic E-state index is 0.0704. The number of carbonyl (C=O) groups excluding carboxylic acids is 4. The summed E-state index contributed by atoms with van der Waals surface area (Å²) in [7, 11) is 0. The maximum atomic E-state index is 12.8. The van der Waals surface area contributed by atoms with Gasteiger partial charge in [0, 0.05) is 23.1 Å². The third-order valence-corrected chi connectivity index (χ3v) is 6.55. The maximum absolute atomic E-state index is 12.8. The van der Waals surface area contributed by atoms with Gasteiger partial charge in [0.1, 0.15) is 5.75 Å². The van der Waals surface area contributed by atoms with Crippen LogP contribution in [0.1, 0.15) is 32.7 Å². The van der Waals surface area contributed by atoms with Gasteiger partial charge in [0.2, 0.25) is 5.91 Å². The van der Waals surface area contributed by atoms with Crippen molar-refractivity contribution >= 4 is 51.0 Å². The number of hydrogen-bond acceptors (Lipinski definition) is 5. The molecule has 170 valence electrons. The van der Waals surface area contributed by atoms with Crippen LogP contribution in [0.2, 0.25) is 0 Å². The Morgan fingerprint density at radius 2 is 1.59 bits per heavy atom. The number of rotatable bonds is 4. The molecule has 0 radical (unpaired) electrons. The molecular weight excluding hydrogens is 500 g/mol. The lowest BCUT2D eigenvalue weighted by Gasteiger charge is -2.18. The van der Waals surface area contributed by atoms with Crippen molar-refractivity contribution in [3.63, 3.8) is 0 Å². The molecule has 1 saturated heterocycles. The molecule has 0 aromatic heterocycles. The van der Waals surface area contributed by atoms with E-state index in [4.69, 9.17) is 4.74 Å². The fourth-order valence-electron chi connectivity index (χ4n) is 4.29. The highest BCUT2D eigenvalue weighted by molar-refractivity contribution is 9.10. The Balaban J connectivity index is 1.30. The molecule has 0 spiro atoms. The Kier molecular flexibility index (Phi) is 5.53. The summed E-state index contributed by atoms with van der Waals surface area (Å²) >= 11 is 3.37. The highest BCUT2D eigenvalue weighted by Gasteiger charge is 2.38. The number of fused-ring (bicyclic) bond motifs is 1. The van der Waals surface area contributed by atoms with Gasteiger partial charge in [-0.3, -0.25) is 19.2 Å². The number of imide groups is 1. The molecule has 2 aliphatic heterocycles. The molecule has 2 heterocycles. The first kappa shape index (κ1) is 22.0. The smallest absolute Gasteiger partial charge is 0.316 e. The summed E-state index contributed by atoms with van der Waals surface area (Å²) in [5.74, 6) is -1.70. The van der Waals surface area contributed by atoms with Crippen LogP contribution in [0.15, 0.2) is 71.2 Å². The summed E-state index contributed by atoms with van der Waals surface area (Å²) in [6.45, 7) is 1.98. The summed E-state index contributed by atoms with van der Waals surface area (Å²) in [4.78, 5) is 53.5. The first-order chi connectivity index (χ1) is 16.3. The van der Waals surface area contributed by atoms with Crippen molar-refractivity contribution in [2.24, 2.45) is 5.92 Å². The van der Waals surface area contributed by atoms with Crippen LogP contribution in [0.25, 0.3) is 0 Å². The number of benzene rings is 3. The summed E-state index contributed by atoms with van der Waals surface area (Å²) in [5, 5.41) is 0. The highest BCUT2D eigenvalue weighted by Crippen LogP contribution is 2.33. The van der Waals surface area contributed by atoms with E-state index >= 15 is 0 Å². The quantitative estimate of drug-likeness (QED) is 0.288. The number of anilines is 2. The fourth-order valence-corrected chi connectivity index (χ4v) is 4.55. The Hall–Kier alpha value is -3.78. The zero-order valence-electron chi connectivity index (χ0n) is 18.2. The highest BCUT2D eigenvalue weighted by atomic mass is 79.9. The zero-order valence-corrected chi connectivity index (χ0v) is 19.7. The molecule has 8 heteroatoms. The topological polar surface area (TPSA) is 84.0 Å². The van der Waals surface area contributed by atoms with E-state index in [0.717, 1.165) is 15.1 Å². The number of hydrogen-bond donors (Lipinski definition) is 0. The van der Waals surface area contributed by atoms with Gasteiger partial charge in [0.25, 0.3) is 11.8 Å². The van der Waals surface area contributed by atoms with Crippen LogP contribution in [0, 0.1) is 12.8 Å². The zero-order chi connectivity index (χ0) is 24.0. The second-order valence-electron chi connectivity index (χ2n) is 8.24. The molecule has 3 aromatic carbocycles. The summed E-state index contributed by atoms with van der Waals surface area (Å²) in [6, 6.07) is 18.8. The predicted molar refractivity (Wildman–Crippen MR) is 129 cm³/mol. The monoisotopic (exact) mass is 518 g/mol. The molecule has 1 atom stereocenters. The van der Waals surface area contributed by atoms with Gasteiger partial charge in [-0.25, -0.2) is 4.90 Å². The van der Waals surface area contributed by atoms with E-state index in [1.165, 1.54) is 0 Å². The van der Waals surface area contributed by atoms with E-state index in [2.05, 4.69) is 15.9 Å². The summed E-state index contributed by atoms with van der Waals surface area (Å²) in [5.41, 5.74) is 2.50. The minimum Gasteiger partial charge on any atom is -0.426 e. The number of ether oxygens (including phenoxy) is 1. The molecule has 7 nitrogen and oxygen atoms in total. The molecule has 3 aromatic rings. The summed E-state index contributed by atoms with van der Waals surface area (Å²) in [6.07, 6.45) is 0.0704. The van der Waals surface area contributed by atoms with E-state index in [0.29, 0.717) is 22.4 Å². The van der Waals surface area contributed by atoms with Crippen LogP contribution < -0.4 is 14.5 Å². The predicted octanol–water partition coefficient (Wildman–Crippen LogP) is 4.52. The van der Waals surface area contributed by atoms with Gasteiger partial charge in [-0.2, -0.15) is 0 Å². The van der Waals surface area contributed by atoms with Gasteiger partial charge >= 0.3 is 5.97 Å². The van der Waals surface area contributed by atoms with Crippen LogP contribution in [0.3, 0.4) is 0 Å². The van der Waals surface area contributed by atoms with Gasteiger partial charge in [-0.05, 0) is 67.1 Å². The van der Waals surface area contributed by atoms with Gasteiger partial charge in [-0.1, -0.05) is 28.1 Å². The molecule has 34 heavy (non-hydrogen) atoms. The van der Waals surface area contributed by atoms with Crippen molar-refractivity contribution in [3.8, 4) is 5.75 Å². The average molecular weight is 519 g/mol. The Labute approximate surface area is 204 Å². The Morgan fingerprint density at radius 3 is 2.21 bits per heavy atom. The maximum Gasteiger partial charge on any atom is 0.316 e. The van der Waals surface area contributed by atoms with Gasteiger partial charge < -0.3 is 9.64 Å². The number of amides is 3. The largest absolute Gasteiger partial charge is 0.426 e. The number of halogens is 1. The Morgan fingerprint density at radius 1 is 0.941 bits per heavy atom. The molecule has 0 bridgehead atoms. The van der Waals surface area contributed by atoms with Crippen molar-refractivity contribution in [1.82, 2.24) is 0 Å². The molecule has 1 fully saturated rings. The number of esters is 1. The number of carbonyl (C=O) groups is 4. The second kappa shape index (κ2) is 8.53. The minimum atomic E-state index is -0.590. The molecule has 0 saturated carbocycles. The van der Waals surface area contributed by atoms with Crippen LogP contribution in [0.5, 0.6) is 5.75 Å². The lowest BCUT2D eigenvalue weighted by molar-refractivity contribution is -0.139. The first-order valence-electron chi connectivity index (χ1n) is 10.7. The molecule has 3 amide bonds. The van der Waals surface area contributed by atoms with Crippen molar-refractivity contribution in [3.05, 3.63) is 87.9 Å². The second-order valence-corrected chi connectivity index (χ2v) is 9.16. The van der Waals surface area contributed by atoms with E-state index in [1.807, 2.05) is 24.3 Å². The van der Waals surface area contributed by atoms with Crippen LogP contribution in [-0.2, 0) is 9.59 Å². The van der Waals surface area contributed by atoms with E-state index in [-0.39, 0.29) is 36.4 Å². The van der Waals surface area contributed by atoms with E-state index < -0.39 is 11.9 Å². The van der Waals surface area contributed by atoms with Crippen molar-refractivity contribution < 1.29 is 23.9 Å². The number of aryl methyl sites for hydroxylation is 1. The molecular formula is C26H19BrN2O5. The SMILES string of the molecule is Cc1cc(OC(=O)[C@H]2CC(=O)N(c3ccc(Br)cc3)C2)ccc1N1C(=O)c2ccccc2C1=O. The normalized spacial score (nSPS) is 17.4. The molecule has 0 aliphatic carbocycles. The van der Waals surface area contributed by atoms with Crippen LogP contribution >= 0.6 is 15.9 Å². The van der Waals surface area contributed by atoms with Gasteiger partial charge in [-0.15, -0.1) is 0 Å². The lowest BCUT2D eigenvalue weighted by atomic mass is 10.1. The van der Waals surface area contributed by atoms with Gasteiger partial charge in [0.05, 0.1) is 22.7 Å². The third-order valence-electron chi connectivity index (χ3n) is 6.02. The molecule has 0 unspecified atom stereocenters. The van der Waals surface area contributed by atoms with Crippen molar-refractivity contribution in [2.45, 2.75) is 13.3 Å². The van der Waals surface area contributed by atoms with E-state index in [1.54, 1.807) is 54.3 Å².